The summed E-state index contributed by atoms with van der Waals surface area (Å²) in [7, 11) is 1.62. The Morgan fingerprint density at radius 1 is 1.50 bits per heavy atom. The van der Waals surface area contributed by atoms with Crippen LogP contribution in [-0.4, -0.2) is 49.0 Å². The first kappa shape index (κ1) is 10.2. The SMILES string of the molecule is CON(CCO)CCSC. The first-order chi connectivity index (χ1) is 4.85. The Labute approximate surface area is 66.3 Å². The Hall–Kier alpha value is 0.230. The van der Waals surface area contributed by atoms with Crippen LogP contribution < -0.4 is 0 Å². The van der Waals surface area contributed by atoms with E-state index < -0.39 is 0 Å². The first-order valence-corrected chi connectivity index (χ1v) is 4.63. The van der Waals surface area contributed by atoms with Gasteiger partial charge in [0.1, 0.15) is 0 Å². The van der Waals surface area contributed by atoms with Crippen molar-refractivity contribution in [1.82, 2.24) is 5.06 Å². The van der Waals surface area contributed by atoms with Crippen LogP contribution in [0.3, 0.4) is 0 Å². The minimum Gasteiger partial charge on any atom is -0.395 e. The van der Waals surface area contributed by atoms with Gasteiger partial charge in [-0.05, 0) is 6.26 Å². The molecule has 0 spiro atoms. The molecule has 4 heteroatoms. The van der Waals surface area contributed by atoms with Crippen LogP contribution in [0.2, 0.25) is 0 Å². The normalized spacial score (nSPS) is 10.8. The number of aliphatic hydroxyl groups is 1. The third-order valence-corrected chi connectivity index (χ3v) is 1.74. The van der Waals surface area contributed by atoms with Crippen molar-refractivity contribution in [3.8, 4) is 0 Å². The van der Waals surface area contributed by atoms with Crippen LogP contribution in [0.15, 0.2) is 0 Å². The molecule has 0 aromatic carbocycles. The maximum Gasteiger partial charge on any atom is 0.0581 e. The van der Waals surface area contributed by atoms with E-state index in [0.29, 0.717) is 6.54 Å². The van der Waals surface area contributed by atoms with Crippen molar-refractivity contribution >= 4 is 11.8 Å². The second-order valence-electron chi connectivity index (χ2n) is 1.83. The fourth-order valence-electron chi connectivity index (χ4n) is 0.599. The Kier molecular flexibility index (Phi) is 7.51. The van der Waals surface area contributed by atoms with Crippen LogP contribution in [0, 0.1) is 0 Å². The largest absolute Gasteiger partial charge is 0.395 e. The molecule has 0 radical (unpaired) electrons. The molecule has 0 bridgehead atoms. The van der Waals surface area contributed by atoms with Crippen molar-refractivity contribution in [3.05, 3.63) is 0 Å². The van der Waals surface area contributed by atoms with Crippen LogP contribution in [0.4, 0.5) is 0 Å². The zero-order valence-corrected chi connectivity index (χ0v) is 7.36. The van der Waals surface area contributed by atoms with E-state index in [-0.39, 0.29) is 6.61 Å². The number of thioether (sulfide) groups is 1. The highest BCUT2D eigenvalue weighted by atomic mass is 32.2. The lowest BCUT2D eigenvalue weighted by Crippen LogP contribution is -2.27. The van der Waals surface area contributed by atoms with Crippen LogP contribution in [0.1, 0.15) is 0 Å². The van der Waals surface area contributed by atoms with Gasteiger partial charge in [-0.1, -0.05) is 0 Å². The number of hydrogen-bond donors (Lipinski definition) is 1. The van der Waals surface area contributed by atoms with Gasteiger partial charge in [-0.15, -0.1) is 0 Å². The van der Waals surface area contributed by atoms with Gasteiger partial charge in [-0.25, -0.2) is 0 Å². The highest BCUT2D eigenvalue weighted by Crippen LogP contribution is 1.94. The quantitative estimate of drug-likeness (QED) is 0.570. The topological polar surface area (TPSA) is 32.7 Å². The average molecular weight is 165 g/mol. The third-order valence-electron chi connectivity index (χ3n) is 1.15. The molecular weight excluding hydrogens is 150 g/mol. The van der Waals surface area contributed by atoms with Crippen molar-refractivity contribution < 1.29 is 9.94 Å². The molecule has 0 heterocycles. The molecule has 3 nitrogen and oxygen atoms in total. The van der Waals surface area contributed by atoms with Gasteiger partial charge in [0.25, 0.3) is 0 Å². The monoisotopic (exact) mass is 165 g/mol. The molecule has 10 heavy (non-hydrogen) atoms. The Morgan fingerprint density at radius 2 is 2.20 bits per heavy atom. The molecule has 0 saturated heterocycles. The van der Waals surface area contributed by atoms with E-state index in [4.69, 9.17) is 9.94 Å². The van der Waals surface area contributed by atoms with Crippen molar-refractivity contribution in [2.75, 3.05) is 38.8 Å². The molecule has 0 aliphatic heterocycles. The summed E-state index contributed by atoms with van der Waals surface area (Å²) >= 11 is 1.77. The maximum atomic E-state index is 8.54. The fraction of sp³-hybridized carbons (Fsp3) is 1.00. The molecule has 0 aliphatic rings. The van der Waals surface area contributed by atoms with Crippen LogP contribution >= 0.6 is 11.8 Å². The number of nitrogens with zero attached hydrogens (tertiary/aromatic N) is 1. The van der Waals surface area contributed by atoms with Crippen LogP contribution in [-0.2, 0) is 4.84 Å². The molecule has 0 atom stereocenters. The molecule has 0 aromatic rings. The summed E-state index contributed by atoms with van der Waals surface area (Å²) in [5.41, 5.74) is 0. The summed E-state index contributed by atoms with van der Waals surface area (Å²) in [6.07, 6.45) is 2.05. The van der Waals surface area contributed by atoms with Crippen molar-refractivity contribution in [1.29, 1.82) is 0 Å². The number of hydrogen-bond acceptors (Lipinski definition) is 4. The van der Waals surface area contributed by atoms with Crippen LogP contribution in [0.25, 0.3) is 0 Å². The molecule has 0 aliphatic carbocycles. The summed E-state index contributed by atoms with van der Waals surface area (Å²) in [6, 6.07) is 0. The molecular formula is C6H15NO2S. The summed E-state index contributed by atoms with van der Waals surface area (Å²) in [6.45, 7) is 1.62. The summed E-state index contributed by atoms with van der Waals surface area (Å²) in [4.78, 5) is 4.95. The zero-order chi connectivity index (χ0) is 7.82. The first-order valence-electron chi connectivity index (χ1n) is 3.24. The van der Waals surface area contributed by atoms with Crippen molar-refractivity contribution in [2.24, 2.45) is 0 Å². The van der Waals surface area contributed by atoms with Gasteiger partial charge in [0.2, 0.25) is 0 Å². The highest BCUT2D eigenvalue weighted by molar-refractivity contribution is 7.98. The Morgan fingerprint density at radius 3 is 2.60 bits per heavy atom. The van der Waals surface area contributed by atoms with E-state index >= 15 is 0 Å². The maximum absolute atomic E-state index is 8.54. The number of aliphatic hydroxyl groups excluding tert-OH is 1. The summed E-state index contributed by atoms with van der Waals surface area (Å²) < 4.78 is 0. The average Bonchev–Trinajstić information content (AvgIpc) is 1.98. The molecule has 62 valence electrons. The predicted octanol–water partition coefficient (Wildman–Crippen LogP) is 0.205. The van der Waals surface area contributed by atoms with Gasteiger partial charge in [0, 0.05) is 18.8 Å². The van der Waals surface area contributed by atoms with Gasteiger partial charge in [-0.2, -0.15) is 16.8 Å². The molecule has 0 unspecified atom stereocenters. The lowest BCUT2D eigenvalue weighted by atomic mass is 10.6. The Bertz CT molecular complexity index is 72.8. The van der Waals surface area contributed by atoms with E-state index in [1.165, 1.54) is 0 Å². The van der Waals surface area contributed by atoms with E-state index in [1.807, 2.05) is 6.26 Å². The second kappa shape index (κ2) is 7.34. The van der Waals surface area contributed by atoms with Gasteiger partial charge in [-0.3, -0.25) is 0 Å². The summed E-state index contributed by atoms with van der Waals surface area (Å²) in [5, 5.41) is 10.3. The number of rotatable bonds is 6. The van der Waals surface area contributed by atoms with E-state index in [1.54, 1.807) is 23.9 Å². The standard InChI is InChI=1S/C6H15NO2S/c1-9-7(3-5-8)4-6-10-2/h8H,3-6H2,1-2H3. The lowest BCUT2D eigenvalue weighted by Gasteiger charge is -2.16. The lowest BCUT2D eigenvalue weighted by molar-refractivity contribution is -0.132. The van der Waals surface area contributed by atoms with Gasteiger partial charge < -0.3 is 9.94 Å². The molecule has 0 amide bonds. The van der Waals surface area contributed by atoms with E-state index in [9.17, 15) is 0 Å². The van der Waals surface area contributed by atoms with Crippen molar-refractivity contribution in [3.63, 3.8) is 0 Å². The van der Waals surface area contributed by atoms with Crippen molar-refractivity contribution in [2.45, 2.75) is 0 Å². The summed E-state index contributed by atoms with van der Waals surface area (Å²) in [5.74, 6) is 1.04. The minimum absolute atomic E-state index is 0.155. The van der Waals surface area contributed by atoms with E-state index in [0.717, 1.165) is 12.3 Å². The van der Waals surface area contributed by atoms with Gasteiger partial charge >= 0.3 is 0 Å². The Balaban J connectivity index is 3.21. The molecule has 0 fully saturated rings. The van der Waals surface area contributed by atoms with Crippen LogP contribution in [0.5, 0.6) is 0 Å². The molecule has 1 N–H and O–H groups in total. The van der Waals surface area contributed by atoms with Gasteiger partial charge in [0.15, 0.2) is 0 Å². The highest BCUT2D eigenvalue weighted by Gasteiger charge is 1.99. The minimum atomic E-state index is 0.155. The molecule has 0 saturated carbocycles. The predicted molar refractivity (Wildman–Crippen MR) is 44.0 cm³/mol. The molecule has 0 aromatic heterocycles. The molecule has 0 rings (SSSR count). The second-order valence-corrected chi connectivity index (χ2v) is 2.81. The van der Waals surface area contributed by atoms with Gasteiger partial charge in [0.05, 0.1) is 13.7 Å². The van der Waals surface area contributed by atoms with E-state index in [2.05, 4.69) is 0 Å². The fourth-order valence-corrected chi connectivity index (χ4v) is 0.985. The third kappa shape index (κ3) is 5.05. The number of hydroxylamine groups is 2. The zero-order valence-electron chi connectivity index (χ0n) is 6.54. The smallest absolute Gasteiger partial charge is 0.0581 e.